The third-order valence-electron chi connectivity index (χ3n) is 1.07. The Balaban J connectivity index is 2.88. The SMILES string of the molecule is [18F]c1ccc(CBr)cc1. The van der Waals surface area contributed by atoms with Crippen molar-refractivity contribution < 1.29 is 4.39 Å². The highest BCUT2D eigenvalue weighted by atomic mass is 79.9. The lowest BCUT2D eigenvalue weighted by Crippen LogP contribution is -1.76. The maximum absolute atomic E-state index is 12.2. The average Bonchev–Trinajstić information content (AvgIpc) is 1.90. The molecule has 0 bridgehead atoms. The summed E-state index contributed by atoms with van der Waals surface area (Å²) in [5.74, 6) is -0.181. The van der Waals surface area contributed by atoms with E-state index in [9.17, 15) is 4.39 Å². The van der Waals surface area contributed by atoms with Crippen LogP contribution in [0, 0.1) is 5.82 Å². The van der Waals surface area contributed by atoms with Gasteiger partial charge in [0.05, 0.1) is 0 Å². The molecule has 0 saturated carbocycles. The van der Waals surface area contributed by atoms with E-state index in [1.54, 1.807) is 12.1 Å². The van der Waals surface area contributed by atoms with Crippen LogP contribution in [0.5, 0.6) is 0 Å². The lowest BCUT2D eigenvalue weighted by molar-refractivity contribution is 0.627. The van der Waals surface area contributed by atoms with Crippen LogP contribution in [0.2, 0.25) is 0 Å². The van der Waals surface area contributed by atoms with Crippen molar-refractivity contribution in [2.75, 3.05) is 0 Å². The highest BCUT2D eigenvalue weighted by molar-refractivity contribution is 9.08. The van der Waals surface area contributed by atoms with E-state index in [2.05, 4.69) is 15.9 Å². The highest BCUT2D eigenvalue weighted by Crippen LogP contribution is 2.05. The molecule has 2 heteroatoms. The second kappa shape index (κ2) is 2.97. The van der Waals surface area contributed by atoms with Crippen molar-refractivity contribution in [3.8, 4) is 0 Å². The summed E-state index contributed by atoms with van der Waals surface area (Å²) in [6.45, 7) is 0. The molecule has 0 unspecified atom stereocenters. The van der Waals surface area contributed by atoms with E-state index < -0.39 is 0 Å². The Morgan fingerprint density at radius 1 is 1.22 bits per heavy atom. The van der Waals surface area contributed by atoms with Gasteiger partial charge in [-0.05, 0) is 17.7 Å². The van der Waals surface area contributed by atoms with E-state index in [4.69, 9.17) is 0 Å². The number of halogens is 2. The van der Waals surface area contributed by atoms with Crippen LogP contribution in [0.25, 0.3) is 0 Å². The maximum atomic E-state index is 12.2. The zero-order valence-electron chi connectivity index (χ0n) is 4.77. The van der Waals surface area contributed by atoms with E-state index in [-0.39, 0.29) is 5.82 Å². The normalized spacial score (nSPS) is 9.56. The van der Waals surface area contributed by atoms with Crippen molar-refractivity contribution in [3.63, 3.8) is 0 Å². The van der Waals surface area contributed by atoms with Gasteiger partial charge in [0.2, 0.25) is 0 Å². The summed E-state index contributed by atoms with van der Waals surface area (Å²) < 4.78 is 12.2. The first-order chi connectivity index (χ1) is 4.33. The molecule has 0 saturated heterocycles. The second-order valence-electron chi connectivity index (χ2n) is 1.76. The molecule has 48 valence electrons. The van der Waals surface area contributed by atoms with Gasteiger partial charge in [0.25, 0.3) is 0 Å². The van der Waals surface area contributed by atoms with Crippen molar-refractivity contribution in [3.05, 3.63) is 35.6 Å². The van der Waals surface area contributed by atoms with Crippen molar-refractivity contribution in [2.45, 2.75) is 5.33 Å². The summed E-state index contributed by atoms with van der Waals surface area (Å²) in [4.78, 5) is 0. The summed E-state index contributed by atoms with van der Waals surface area (Å²) in [5, 5.41) is 0.785. The molecule has 0 aliphatic carbocycles. The van der Waals surface area contributed by atoms with Gasteiger partial charge < -0.3 is 0 Å². The molecule has 1 aromatic rings. The minimum Gasteiger partial charge on any atom is -0.207 e. The van der Waals surface area contributed by atoms with E-state index in [1.807, 2.05) is 0 Å². The molecule has 0 radical (unpaired) electrons. The van der Waals surface area contributed by atoms with E-state index in [0.29, 0.717) is 0 Å². The van der Waals surface area contributed by atoms with E-state index in [1.165, 1.54) is 12.1 Å². The first kappa shape index (κ1) is 6.75. The Kier molecular flexibility index (Phi) is 2.22. The van der Waals surface area contributed by atoms with E-state index in [0.717, 1.165) is 10.9 Å². The summed E-state index contributed by atoms with van der Waals surface area (Å²) in [6.07, 6.45) is 0. The Hall–Kier alpha value is -0.370. The number of benzene rings is 1. The van der Waals surface area contributed by atoms with E-state index >= 15 is 0 Å². The summed E-state index contributed by atoms with van der Waals surface area (Å²) >= 11 is 3.26. The van der Waals surface area contributed by atoms with Crippen LogP contribution in [0.1, 0.15) is 5.56 Å². The van der Waals surface area contributed by atoms with Crippen molar-refractivity contribution >= 4 is 15.9 Å². The molecule has 0 aliphatic rings. The minimum atomic E-state index is -0.181. The zero-order chi connectivity index (χ0) is 6.69. The molecule has 0 spiro atoms. The molecule has 0 amide bonds. The van der Waals surface area contributed by atoms with Gasteiger partial charge in [0.15, 0.2) is 0 Å². The van der Waals surface area contributed by atoms with Crippen LogP contribution < -0.4 is 0 Å². The number of hydrogen-bond donors (Lipinski definition) is 0. The molecular formula is C7H6BrF. The molecule has 0 heterocycles. The van der Waals surface area contributed by atoms with Crippen molar-refractivity contribution in [1.29, 1.82) is 0 Å². The number of alkyl halides is 1. The number of hydrogen-bond acceptors (Lipinski definition) is 0. The molecule has 0 fully saturated rings. The third kappa shape index (κ3) is 1.79. The first-order valence-electron chi connectivity index (χ1n) is 2.63. The molecule has 0 N–H and O–H groups in total. The Bertz CT molecular complexity index is 181. The van der Waals surface area contributed by atoms with Gasteiger partial charge in [-0.1, -0.05) is 28.1 Å². The third-order valence-corrected chi connectivity index (χ3v) is 1.72. The largest absolute Gasteiger partial charge is 0.207 e. The maximum Gasteiger partial charge on any atom is 0.123 e. The van der Waals surface area contributed by atoms with Crippen LogP contribution >= 0.6 is 15.9 Å². The van der Waals surface area contributed by atoms with Crippen molar-refractivity contribution in [1.82, 2.24) is 0 Å². The summed E-state index contributed by atoms with van der Waals surface area (Å²) in [7, 11) is 0. The lowest BCUT2D eigenvalue weighted by Gasteiger charge is -1.91. The Labute approximate surface area is 61.8 Å². The second-order valence-corrected chi connectivity index (χ2v) is 2.32. The van der Waals surface area contributed by atoms with Gasteiger partial charge in [0.1, 0.15) is 5.82 Å². The van der Waals surface area contributed by atoms with Crippen LogP contribution in [0.3, 0.4) is 0 Å². The van der Waals surface area contributed by atoms with Gasteiger partial charge >= 0.3 is 0 Å². The highest BCUT2D eigenvalue weighted by Gasteiger charge is 1.88. The zero-order valence-corrected chi connectivity index (χ0v) is 6.36. The quantitative estimate of drug-likeness (QED) is 0.594. The Morgan fingerprint density at radius 2 is 1.78 bits per heavy atom. The Morgan fingerprint density at radius 3 is 2.22 bits per heavy atom. The summed E-state index contributed by atoms with van der Waals surface area (Å²) in [5.41, 5.74) is 1.09. The van der Waals surface area contributed by atoms with Gasteiger partial charge in [-0.25, -0.2) is 4.39 Å². The average molecular weight is 188 g/mol. The monoisotopic (exact) mass is 187 g/mol. The molecule has 0 aliphatic heterocycles. The van der Waals surface area contributed by atoms with Crippen LogP contribution in [0.15, 0.2) is 24.3 Å². The first-order valence-corrected chi connectivity index (χ1v) is 3.75. The molecule has 0 aromatic heterocycles. The number of rotatable bonds is 1. The smallest absolute Gasteiger partial charge is 0.123 e. The molecular weight excluding hydrogens is 182 g/mol. The fraction of sp³-hybridized carbons (Fsp3) is 0.143. The standard InChI is InChI=1S/C7H6BrF/c8-5-6-1-3-7(9)4-2-6/h1-4H,5H2/i9-1. The van der Waals surface area contributed by atoms with Gasteiger partial charge in [-0.2, -0.15) is 0 Å². The summed E-state index contributed by atoms with van der Waals surface area (Å²) in [6, 6.07) is 6.42. The fourth-order valence-corrected chi connectivity index (χ4v) is 0.947. The fourth-order valence-electron chi connectivity index (χ4n) is 0.573. The minimum absolute atomic E-state index is 0.181. The van der Waals surface area contributed by atoms with Crippen molar-refractivity contribution in [2.24, 2.45) is 0 Å². The van der Waals surface area contributed by atoms with Crippen LogP contribution in [-0.2, 0) is 5.33 Å². The predicted octanol–water partition coefficient (Wildman–Crippen LogP) is 2.72. The molecule has 0 nitrogen and oxygen atoms in total. The molecule has 1 rings (SSSR count). The van der Waals surface area contributed by atoms with Crippen LogP contribution in [0.4, 0.5) is 4.39 Å². The topological polar surface area (TPSA) is 0 Å². The molecule has 1 aromatic carbocycles. The lowest BCUT2D eigenvalue weighted by atomic mass is 10.2. The van der Waals surface area contributed by atoms with Gasteiger partial charge in [-0.3, -0.25) is 0 Å². The molecule has 0 atom stereocenters. The van der Waals surface area contributed by atoms with Crippen LogP contribution in [-0.4, -0.2) is 0 Å². The predicted molar refractivity (Wildman–Crippen MR) is 39.0 cm³/mol. The van der Waals surface area contributed by atoms with Gasteiger partial charge in [0, 0.05) is 5.33 Å². The molecule has 9 heavy (non-hydrogen) atoms. The van der Waals surface area contributed by atoms with Gasteiger partial charge in [-0.15, -0.1) is 0 Å².